The largest absolute Gasteiger partial charge is 0.300 e. The summed E-state index contributed by atoms with van der Waals surface area (Å²) in [6.45, 7) is 0. The minimum atomic E-state index is -0.774. The van der Waals surface area contributed by atoms with Crippen LogP contribution in [-0.4, -0.2) is 39.7 Å². The summed E-state index contributed by atoms with van der Waals surface area (Å²) < 4.78 is 0. The lowest BCUT2D eigenvalue weighted by atomic mass is 9.97. The lowest BCUT2D eigenvalue weighted by Gasteiger charge is -2.37. The number of nitrogens with zero attached hydrogens (tertiary/aromatic N) is 2. The van der Waals surface area contributed by atoms with E-state index in [0.29, 0.717) is 18.4 Å². The van der Waals surface area contributed by atoms with E-state index in [0.717, 1.165) is 0 Å². The Morgan fingerprint density at radius 1 is 0.810 bits per heavy atom. The Bertz CT molecular complexity index is 631. The van der Waals surface area contributed by atoms with Crippen molar-refractivity contribution in [3.8, 4) is 0 Å². The average Bonchev–Trinajstić information content (AvgIpc) is 2.62. The third kappa shape index (κ3) is 1.67. The lowest BCUT2D eigenvalue weighted by Crippen LogP contribution is -2.51. The number of fused-ring (bicyclic) bond motifs is 2. The maximum atomic E-state index is 12.7. The Balaban J connectivity index is 1.78. The maximum Gasteiger partial charge on any atom is 0.258 e. The molecule has 1 aromatic rings. The molecule has 2 fully saturated rings. The van der Waals surface area contributed by atoms with E-state index in [1.54, 1.807) is 12.1 Å². The number of rotatable bonds is 1. The molecule has 5 nitrogen and oxygen atoms in total. The van der Waals surface area contributed by atoms with Crippen LogP contribution in [0.1, 0.15) is 24.3 Å². The molecule has 2 unspecified atom stereocenters. The van der Waals surface area contributed by atoms with E-state index in [1.165, 1.54) is 10.0 Å². The Morgan fingerprint density at radius 2 is 1.33 bits per heavy atom. The van der Waals surface area contributed by atoms with Gasteiger partial charge < -0.3 is 0 Å². The van der Waals surface area contributed by atoms with E-state index in [1.807, 2.05) is 30.4 Å². The second kappa shape index (κ2) is 4.28. The Labute approximate surface area is 121 Å². The third-order valence-electron chi connectivity index (χ3n) is 4.37. The van der Waals surface area contributed by atoms with Gasteiger partial charge in [0, 0.05) is 12.8 Å². The topological polar surface area (TPSA) is 57.7 Å². The number of benzene rings is 1. The predicted octanol–water partition coefficient (Wildman–Crippen LogP) is 1.03. The number of hydrazine groups is 1. The highest BCUT2D eigenvalue weighted by Gasteiger charge is 2.53. The molecule has 1 aliphatic carbocycles. The normalized spacial score (nSPS) is 30.9. The van der Waals surface area contributed by atoms with Gasteiger partial charge in [0.25, 0.3) is 11.8 Å². The van der Waals surface area contributed by atoms with Gasteiger partial charge in [-0.05, 0) is 5.56 Å². The highest BCUT2D eigenvalue weighted by molar-refractivity contribution is 6.11. The van der Waals surface area contributed by atoms with E-state index < -0.39 is 5.92 Å². The first-order valence-corrected chi connectivity index (χ1v) is 7.08. The average molecular weight is 282 g/mol. The van der Waals surface area contributed by atoms with Crippen molar-refractivity contribution >= 4 is 17.6 Å². The zero-order chi connectivity index (χ0) is 14.6. The van der Waals surface area contributed by atoms with Crippen molar-refractivity contribution in [3.63, 3.8) is 0 Å². The van der Waals surface area contributed by atoms with Crippen molar-refractivity contribution in [2.45, 2.75) is 30.8 Å². The van der Waals surface area contributed by atoms with Crippen LogP contribution in [0.5, 0.6) is 0 Å². The number of amides is 2. The van der Waals surface area contributed by atoms with Crippen molar-refractivity contribution in [2.75, 3.05) is 0 Å². The van der Waals surface area contributed by atoms with Crippen LogP contribution in [-0.2, 0) is 14.4 Å². The maximum absolute atomic E-state index is 12.7. The summed E-state index contributed by atoms with van der Waals surface area (Å²) in [5.41, 5.74) is 0.714. The van der Waals surface area contributed by atoms with Gasteiger partial charge in [0.2, 0.25) is 0 Å². The van der Waals surface area contributed by atoms with Crippen molar-refractivity contribution in [2.24, 2.45) is 0 Å². The molecule has 2 atom stereocenters. The molecule has 0 N–H and O–H groups in total. The first kappa shape index (κ1) is 12.3. The minimum absolute atomic E-state index is 0.0984. The highest BCUT2D eigenvalue weighted by Crippen LogP contribution is 2.38. The molecule has 0 spiro atoms. The summed E-state index contributed by atoms with van der Waals surface area (Å²) in [5.74, 6) is -1.12. The molecule has 2 amide bonds. The molecule has 0 aromatic heterocycles. The van der Waals surface area contributed by atoms with Crippen molar-refractivity contribution in [1.29, 1.82) is 0 Å². The second-order valence-electron chi connectivity index (χ2n) is 5.68. The van der Waals surface area contributed by atoms with Crippen molar-refractivity contribution < 1.29 is 14.4 Å². The lowest BCUT2D eigenvalue weighted by molar-refractivity contribution is -0.153. The molecule has 4 aliphatic rings. The van der Waals surface area contributed by atoms with Gasteiger partial charge in [-0.1, -0.05) is 42.5 Å². The molecule has 3 aliphatic heterocycles. The Morgan fingerprint density at radius 3 is 1.86 bits per heavy atom. The molecule has 2 bridgehead atoms. The van der Waals surface area contributed by atoms with Gasteiger partial charge in [-0.15, -0.1) is 0 Å². The summed E-state index contributed by atoms with van der Waals surface area (Å²) >= 11 is 0. The zero-order valence-electron chi connectivity index (χ0n) is 11.3. The van der Waals surface area contributed by atoms with Crippen molar-refractivity contribution in [1.82, 2.24) is 10.0 Å². The molecule has 1 aromatic carbocycles. The summed E-state index contributed by atoms with van der Waals surface area (Å²) in [6, 6.07) is 8.47. The highest BCUT2D eigenvalue weighted by atomic mass is 16.2. The van der Waals surface area contributed by atoms with Crippen molar-refractivity contribution in [3.05, 3.63) is 48.0 Å². The summed E-state index contributed by atoms with van der Waals surface area (Å²) in [4.78, 5) is 37.3. The molecular formula is C16H14N2O3. The van der Waals surface area contributed by atoms with E-state index in [4.69, 9.17) is 0 Å². The molecule has 21 heavy (non-hydrogen) atoms. The van der Waals surface area contributed by atoms with Gasteiger partial charge in [0.15, 0.2) is 0 Å². The third-order valence-corrected chi connectivity index (χ3v) is 4.37. The monoisotopic (exact) mass is 282 g/mol. The predicted molar refractivity (Wildman–Crippen MR) is 73.8 cm³/mol. The van der Waals surface area contributed by atoms with Gasteiger partial charge >= 0.3 is 0 Å². The molecule has 3 heterocycles. The van der Waals surface area contributed by atoms with Crippen LogP contribution in [0, 0.1) is 0 Å². The van der Waals surface area contributed by atoms with Crippen LogP contribution in [0.4, 0.5) is 0 Å². The van der Waals surface area contributed by atoms with Gasteiger partial charge in [-0.2, -0.15) is 0 Å². The molecule has 5 rings (SSSR count). The zero-order valence-corrected chi connectivity index (χ0v) is 11.3. The number of hydrogen-bond donors (Lipinski definition) is 0. The van der Waals surface area contributed by atoms with E-state index in [-0.39, 0.29) is 29.7 Å². The Kier molecular flexibility index (Phi) is 2.51. The first-order chi connectivity index (χ1) is 10.2. The number of hydrogen-bond acceptors (Lipinski definition) is 3. The molecule has 106 valence electrons. The van der Waals surface area contributed by atoms with Gasteiger partial charge in [-0.25, -0.2) is 10.0 Å². The summed E-state index contributed by atoms with van der Waals surface area (Å²) in [5, 5.41) is 2.99. The molecule has 0 saturated carbocycles. The second-order valence-corrected chi connectivity index (χ2v) is 5.68. The molecule has 2 saturated heterocycles. The molecular weight excluding hydrogens is 268 g/mol. The van der Waals surface area contributed by atoms with Crippen LogP contribution in [0.15, 0.2) is 42.5 Å². The number of Topliss-reactive ketones (excluding diaryl/α,β-unsaturated/α-hetero) is 1. The molecule has 0 radical (unpaired) electrons. The van der Waals surface area contributed by atoms with E-state index in [2.05, 4.69) is 0 Å². The van der Waals surface area contributed by atoms with Crippen LogP contribution >= 0.6 is 0 Å². The first-order valence-electron chi connectivity index (χ1n) is 7.08. The standard InChI is InChI=1S/C16H14N2O3/c19-13-8-11-6-7-12(9-13)18-16(21)14(15(20)17(11)18)10-4-2-1-3-5-10/h1-7,11-12,14H,8-9H2. The summed E-state index contributed by atoms with van der Waals surface area (Å²) in [7, 11) is 0. The molecule has 5 heteroatoms. The smallest absolute Gasteiger partial charge is 0.258 e. The Hall–Kier alpha value is -2.43. The quantitative estimate of drug-likeness (QED) is 0.571. The van der Waals surface area contributed by atoms with Crippen LogP contribution in [0.3, 0.4) is 0 Å². The minimum Gasteiger partial charge on any atom is -0.300 e. The van der Waals surface area contributed by atoms with E-state index in [9.17, 15) is 14.4 Å². The van der Waals surface area contributed by atoms with Crippen LogP contribution < -0.4 is 0 Å². The van der Waals surface area contributed by atoms with Crippen LogP contribution in [0.2, 0.25) is 0 Å². The fraction of sp³-hybridized carbons (Fsp3) is 0.312. The number of ketones is 1. The number of carbonyl (C=O) groups is 3. The van der Waals surface area contributed by atoms with E-state index >= 15 is 0 Å². The van der Waals surface area contributed by atoms with Gasteiger partial charge in [0.1, 0.15) is 11.7 Å². The SMILES string of the molecule is O=C1CC2C=CC(C1)N1C(=O)C(c3ccccc3)C(=O)N21. The number of carbonyl (C=O) groups excluding carboxylic acids is 3. The fourth-order valence-electron chi connectivity index (χ4n) is 3.44. The summed E-state index contributed by atoms with van der Waals surface area (Å²) in [6.07, 6.45) is 4.35. The van der Waals surface area contributed by atoms with Gasteiger partial charge in [0.05, 0.1) is 12.1 Å². The van der Waals surface area contributed by atoms with Gasteiger partial charge in [-0.3, -0.25) is 14.4 Å². The fourth-order valence-corrected chi connectivity index (χ4v) is 3.44. The van der Waals surface area contributed by atoms with Crippen LogP contribution in [0.25, 0.3) is 0 Å².